The van der Waals surface area contributed by atoms with Crippen LogP contribution in [0.2, 0.25) is 0 Å². The van der Waals surface area contributed by atoms with Crippen molar-refractivity contribution >= 4 is 35.8 Å². The van der Waals surface area contributed by atoms with Gasteiger partial charge in [-0.05, 0) is 31.2 Å². The van der Waals surface area contributed by atoms with Crippen LogP contribution in [0.1, 0.15) is 38.2 Å². The van der Waals surface area contributed by atoms with Gasteiger partial charge in [0, 0.05) is 19.1 Å². The minimum atomic E-state index is -0.00388. The zero-order valence-electron chi connectivity index (χ0n) is 13.8. The standard InChI is InChI=1S/C17H26N4O.HI/c1-3-18-17(20-12-16(22)21-15-9-10-15)19-11-13(2)14-7-5-4-6-8-14;/h4-8,13,15H,3,9-12H2,1-2H3,(H,21,22)(H2,18,19,20);1H. The molecule has 0 radical (unpaired) electrons. The van der Waals surface area contributed by atoms with Gasteiger partial charge in [0.2, 0.25) is 5.91 Å². The Bertz CT molecular complexity index is 503. The van der Waals surface area contributed by atoms with Crippen LogP contribution < -0.4 is 16.0 Å². The Morgan fingerprint density at radius 2 is 1.96 bits per heavy atom. The first-order valence-electron chi connectivity index (χ1n) is 8.05. The summed E-state index contributed by atoms with van der Waals surface area (Å²) in [6, 6.07) is 10.8. The van der Waals surface area contributed by atoms with Crippen molar-refractivity contribution in [3.63, 3.8) is 0 Å². The molecular weight excluding hydrogens is 403 g/mol. The van der Waals surface area contributed by atoms with Gasteiger partial charge in [-0.25, -0.2) is 4.99 Å². The van der Waals surface area contributed by atoms with E-state index in [0.29, 0.717) is 17.9 Å². The van der Waals surface area contributed by atoms with Crippen LogP contribution in [0.3, 0.4) is 0 Å². The normalized spacial score (nSPS) is 15.3. The van der Waals surface area contributed by atoms with Gasteiger partial charge in [0.15, 0.2) is 5.96 Å². The molecule has 1 aliphatic rings. The van der Waals surface area contributed by atoms with Crippen molar-refractivity contribution in [3.8, 4) is 0 Å². The summed E-state index contributed by atoms with van der Waals surface area (Å²) in [5, 5.41) is 9.42. The van der Waals surface area contributed by atoms with E-state index in [-0.39, 0.29) is 36.4 Å². The van der Waals surface area contributed by atoms with Crippen LogP contribution in [0, 0.1) is 0 Å². The van der Waals surface area contributed by atoms with Gasteiger partial charge in [0.05, 0.1) is 0 Å². The molecule has 0 bridgehead atoms. The maximum atomic E-state index is 11.7. The second-order valence-corrected chi connectivity index (χ2v) is 5.73. The summed E-state index contributed by atoms with van der Waals surface area (Å²) in [6.45, 7) is 5.91. The maximum Gasteiger partial charge on any atom is 0.242 e. The van der Waals surface area contributed by atoms with E-state index in [9.17, 15) is 4.79 Å². The van der Waals surface area contributed by atoms with Crippen molar-refractivity contribution in [3.05, 3.63) is 35.9 Å². The summed E-state index contributed by atoms with van der Waals surface area (Å²) in [4.78, 5) is 16.0. The fraction of sp³-hybridized carbons (Fsp3) is 0.529. The Hall–Kier alpha value is -1.31. The summed E-state index contributed by atoms with van der Waals surface area (Å²) in [7, 11) is 0. The number of hydrogen-bond acceptors (Lipinski definition) is 2. The summed E-state index contributed by atoms with van der Waals surface area (Å²) in [5.74, 6) is 1.07. The number of aliphatic imine (C=N–C) groups is 1. The highest BCUT2D eigenvalue weighted by Gasteiger charge is 2.22. The largest absolute Gasteiger partial charge is 0.357 e. The van der Waals surface area contributed by atoms with Gasteiger partial charge in [0.1, 0.15) is 6.54 Å². The zero-order chi connectivity index (χ0) is 15.8. The number of nitrogens with zero attached hydrogens (tertiary/aromatic N) is 1. The third kappa shape index (κ3) is 7.67. The van der Waals surface area contributed by atoms with E-state index in [4.69, 9.17) is 0 Å². The first-order valence-corrected chi connectivity index (χ1v) is 8.05. The molecule has 0 aliphatic heterocycles. The lowest BCUT2D eigenvalue weighted by molar-refractivity contribution is -0.119. The lowest BCUT2D eigenvalue weighted by atomic mass is 10.0. The number of carbonyl (C=O) groups is 1. The first kappa shape index (κ1) is 19.7. The van der Waals surface area contributed by atoms with E-state index in [2.05, 4.69) is 40.0 Å². The van der Waals surface area contributed by atoms with Gasteiger partial charge < -0.3 is 16.0 Å². The number of rotatable bonds is 7. The van der Waals surface area contributed by atoms with E-state index in [1.54, 1.807) is 0 Å². The Labute approximate surface area is 155 Å². The molecule has 1 amide bonds. The van der Waals surface area contributed by atoms with Crippen molar-refractivity contribution in [2.45, 2.75) is 38.6 Å². The molecule has 23 heavy (non-hydrogen) atoms. The van der Waals surface area contributed by atoms with Crippen LogP contribution in [0.15, 0.2) is 35.3 Å². The summed E-state index contributed by atoms with van der Waals surface area (Å²) in [5.41, 5.74) is 1.29. The molecule has 6 heteroatoms. The average Bonchev–Trinajstić information content (AvgIpc) is 3.34. The molecule has 0 spiro atoms. The Morgan fingerprint density at radius 3 is 2.57 bits per heavy atom. The van der Waals surface area contributed by atoms with Gasteiger partial charge in [-0.3, -0.25) is 4.79 Å². The van der Waals surface area contributed by atoms with Crippen molar-refractivity contribution < 1.29 is 4.79 Å². The van der Waals surface area contributed by atoms with Crippen molar-refractivity contribution in [2.75, 3.05) is 19.6 Å². The van der Waals surface area contributed by atoms with Gasteiger partial charge in [-0.2, -0.15) is 0 Å². The molecule has 1 saturated carbocycles. The molecule has 128 valence electrons. The molecule has 5 nitrogen and oxygen atoms in total. The monoisotopic (exact) mass is 430 g/mol. The SMILES string of the molecule is CCNC(=NCC(=O)NC1CC1)NCC(C)c1ccccc1.I. The van der Waals surface area contributed by atoms with E-state index in [0.717, 1.165) is 25.9 Å². The highest BCUT2D eigenvalue weighted by atomic mass is 127. The molecule has 1 aromatic rings. The lowest BCUT2D eigenvalue weighted by Crippen LogP contribution is -2.40. The number of nitrogens with one attached hydrogen (secondary N) is 3. The fourth-order valence-corrected chi connectivity index (χ4v) is 2.14. The van der Waals surface area contributed by atoms with Gasteiger partial charge in [-0.15, -0.1) is 24.0 Å². The highest BCUT2D eigenvalue weighted by molar-refractivity contribution is 14.0. The molecule has 1 unspecified atom stereocenters. The Kier molecular flexibility index (Phi) is 8.98. The van der Waals surface area contributed by atoms with Gasteiger partial charge in [0.25, 0.3) is 0 Å². The summed E-state index contributed by atoms with van der Waals surface area (Å²) < 4.78 is 0. The molecular formula is C17H27IN4O. The topological polar surface area (TPSA) is 65.5 Å². The van der Waals surface area contributed by atoms with E-state index in [1.807, 2.05) is 25.1 Å². The van der Waals surface area contributed by atoms with Crippen LogP contribution in [0.5, 0.6) is 0 Å². The predicted molar refractivity (Wildman–Crippen MR) is 105 cm³/mol. The fourth-order valence-electron chi connectivity index (χ4n) is 2.14. The minimum Gasteiger partial charge on any atom is -0.357 e. The quantitative estimate of drug-likeness (QED) is 0.353. The number of guanidine groups is 1. The molecule has 1 aromatic carbocycles. The van der Waals surface area contributed by atoms with Crippen LogP contribution >= 0.6 is 24.0 Å². The molecule has 1 aliphatic carbocycles. The molecule has 2 rings (SSSR count). The second-order valence-electron chi connectivity index (χ2n) is 5.73. The molecule has 0 saturated heterocycles. The third-order valence-corrected chi connectivity index (χ3v) is 3.61. The number of hydrogen-bond donors (Lipinski definition) is 3. The smallest absolute Gasteiger partial charge is 0.242 e. The van der Waals surface area contributed by atoms with Crippen LogP contribution in [0.4, 0.5) is 0 Å². The maximum absolute atomic E-state index is 11.7. The molecule has 0 heterocycles. The minimum absolute atomic E-state index is 0. The molecule has 1 atom stereocenters. The summed E-state index contributed by atoms with van der Waals surface area (Å²) in [6.07, 6.45) is 2.20. The van der Waals surface area contributed by atoms with E-state index in [1.165, 1.54) is 5.56 Å². The zero-order valence-corrected chi connectivity index (χ0v) is 16.2. The van der Waals surface area contributed by atoms with Crippen LogP contribution in [-0.4, -0.2) is 37.5 Å². The predicted octanol–water partition coefficient (Wildman–Crippen LogP) is 2.24. The van der Waals surface area contributed by atoms with E-state index >= 15 is 0 Å². The average molecular weight is 430 g/mol. The van der Waals surface area contributed by atoms with E-state index < -0.39 is 0 Å². The Morgan fingerprint density at radius 1 is 1.26 bits per heavy atom. The second kappa shape index (κ2) is 10.5. The lowest BCUT2D eigenvalue weighted by Gasteiger charge is -2.16. The third-order valence-electron chi connectivity index (χ3n) is 3.61. The Balaban J connectivity index is 0.00000264. The molecule has 1 fully saturated rings. The van der Waals surface area contributed by atoms with Crippen molar-refractivity contribution in [2.24, 2.45) is 4.99 Å². The number of halogens is 1. The highest BCUT2D eigenvalue weighted by Crippen LogP contribution is 2.18. The number of benzene rings is 1. The van der Waals surface area contributed by atoms with Crippen LogP contribution in [0.25, 0.3) is 0 Å². The molecule has 0 aromatic heterocycles. The number of amides is 1. The van der Waals surface area contributed by atoms with Crippen molar-refractivity contribution in [1.29, 1.82) is 0 Å². The van der Waals surface area contributed by atoms with Crippen molar-refractivity contribution in [1.82, 2.24) is 16.0 Å². The first-order chi connectivity index (χ1) is 10.7. The van der Waals surface area contributed by atoms with Gasteiger partial charge in [-0.1, -0.05) is 37.3 Å². The van der Waals surface area contributed by atoms with Gasteiger partial charge >= 0.3 is 0 Å². The number of carbonyl (C=O) groups excluding carboxylic acids is 1. The summed E-state index contributed by atoms with van der Waals surface area (Å²) >= 11 is 0. The molecule has 3 N–H and O–H groups in total. The van der Waals surface area contributed by atoms with Crippen LogP contribution in [-0.2, 0) is 4.79 Å².